The lowest BCUT2D eigenvalue weighted by Crippen LogP contribution is -2.16. The molecule has 0 aliphatic rings. The molecule has 0 atom stereocenters. The zero-order chi connectivity index (χ0) is 22.1. The Morgan fingerprint density at radius 1 is 0.767 bits per heavy atom. The summed E-state index contributed by atoms with van der Waals surface area (Å²) in [6.45, 7) is 3.73. The summed E-state index contributed by atoms with van der Waals surface area (Å²) in [6, 6.07) is 14.0. The fourth-order valence-corrected chi connectivity index (χ4v) is 4.74. The van der Waals surface area contributed by atoms with Gasteiger partial charge in [-0.1, -0.05) is 40.9 Å². The van der Waals surface area contributed by atoms with Crippen molar-refractivity contribution in [2.24, 2.45) is 0 Å². The Hall–Kier alpha value is -2.25. The molecule has 0 saturated heterocycles. The van der Waals surface area contributed by atoms with Crippen LogP contribution in [0.5, 0.6) is 0 Å². The molecule has 2 N–H and O–H groups in total. The Morgan fingerprint density at radius 2 is 1.40 bits per heavy atom. The molecule has 0 heterocycles. The maximum absolute atomic E-state index is 12.9. The summed E-state index contributed by atoms with van der Waals surface area (Å²) in [5, 5.41) is 3.28. The number of sulfonamides is 1. The zero-order valence-electron chi connectivity index (χ0n) is 16.0. The van der Waals surface area contributed by atoms with Crippen LogP contribution in [0.15, 0.2) is 59.5 Å². The van der Waals surface area contributed by atoms with Crippen molar-refractivity contribution in [1.82, 2.24) is 0 Å². The Labute approximate surface area is 190 Å². The molecular formula is C21H17Cl3N2O3S. The van der Waals surface area contributed by atoms with E-state index < -0.39 is 15.9 Å². The second-order valence-corrected chi connectivity index (χ2v) is 9.58. The minimum Gasteiger partial charge on any atom is -0.322 e. The van der Waals surface area contributed by atoms with Crippen LogP contribution in [0.2, 0.25) is 15.1 Å². The highest BCUT2D eigenvalue weighted by Crippen LogP contribution is 2.28. The molecule has 0 saturated carbocycles. The molecule has 5 nitrogen and oxygen atoms in total. The molecule has 0 aliphatic carbocycles. The van der Waals surface area contributed by atoms with Crippen LogP contribution >= 0.6 is 34.8 Å². The first-order valence-corrected chi connectivity index (χ1v) is 11.3. The summed E-state index contributed by atoms with van der Waals surface area (Å²) in [7, 11) is -4.02. The van der Waals surface area contributed by atoms with Gasteiger partial charge in [0.25, 0.3) is 15.9 Å². The van der Waals surface area contributed by atoms with Gasteiger partial charge < -0.3 is 5.32 Å². The highest BCUT2D eigenvalue weighted by molar-refractivity contribution is 7.92. The Bertz CT molecular complexity index is 1220. The standard InChI is InChI=1S/C21H17Cl3N2O3S/c1-12-7-13(2)9-16(8-12)26-30(28,29)20-10-14(3-5-18(20)23)21(27)25-15-4-6-17(22)19(24)11-15/h3-11,26H,1-2H3,(H,25,27). The molecular weight excluding hydrogens is 467 g/mol. The van der Waals surface area contributed by atoms with Gasteiger partial charge in [-0.15, -0.1) is 0 Å². The van der Waals surface area contributed by atoms with Crippen LogP contribution in [0.3, 0.4) is 0 Å². The smallest absolute Gasteiger partial charge is 0.263 e. The van der Waals surface area contributed by atoms with Crippen LogP contribution in [0, 0.1) is 13.8 Å². The number of hydrogen-bond acceptors (Lipinski definition) is 3. The number of aryl methyl sites for hydroxylation is 2. The van der Waals surface area contributed by atoms with Crippen molar-refractivity contribution in [3.8, 4) is 0 Å². The van der Waals surface area contributed by atoms with Gasteiger partial charge in [-0.05, 0) is 73.5 Å². The van der Waals surface area contributed by atoms with E-state index in [9.17, 15) is 13.2 Å². The van der Waals surface area contributed by atoms with E-state index in [0.29, 0.717) is 16.4 Å². The second kappa shape index (κ2) is 8.86. The average molecular weight is 484 g/mol. The molecule has 0 radical (unpaired) electrons. The average Bonchev–Trinajstić information content (AvgIpc) is 2.63. The van der Waals surface area contributed by atoms with Gasteiger partial charge >= 0.3 is 0 Å². The van der Waals surface area contributed by atoms with E-state index >= 15 is 0 Å². The summed E-state index contributed by atoms with van der Waals surface area (Å²) < 4.78 is 28.3. The van der Waals surface area contributed by atoms with Crippen LogP contribution in [-0.2, 0) is 10.0 Å². The summed E-state index contributed by atoms with van der Waals surface area (Å²) in [4.78, 5) is 12.4. The number of carbonyl (C=O) groups excluding carboxylic acids is 1. The number of anilines is 2. The third-order valence-electron chi connectivity index (χ3n) is 4.13. The monoisotopic (exact) mass is 482 g/mol. The van der Waals surface area contributed by atoms with Crippen LogP contribution < -0.4 is 10.0 Å². The first-order chi connectivity index (χ1) is 14.0. The van der Waals surface area contributed by atoms with Gasteiger partial charge in [0.15, 0.2) is 0 Å². The van der Waals surface area contributed by atoms with E-state index in [2.05, 4.69) is 10.0 Å². The van der Waals surface area contributed by atoms with Gasteiger partial charge in [-0.25, -0.2) is 8.42 Å². The van der Waals surface area contributed by atoms with E-state index in [1.54, 1.807) is 24.3 Å². The summed E-state index contributed by atoms with van der Waals surface area (Å²) in [5.41, 5.74) is 2.77. The summed E-state index contributed by atoms with van der Waals surface area (Å²) in [5.74, 6) is -0.520. The fraction of sp³-hybridized carbons (Fsp3) is 0.0952. The van der Waals surface area contributed by atoms with E-state index in [0.717, 1.165) is 11.1 Å². The van der Waals surface area contributed by atoms with Crippen molar-refractivity contribution in [3.05, 3.63) is 86.4 Å². The highest BCUT2D eigenvalue weighted by atomic mass is 35.5. The molecule has 3 aromatic rings. The molecule has 9 heteroatoms. The van der Waals surface area contributed by atoms with Gasteiger partial charge in [0.1, 0.15) is 4.90 Å². The Morgan fingerprint density at radius 3 is 2.03 bits per heavy atom. The third-order valence-corrected chi connectivity index (χ3v) is 6.74. The SMILES string of the molecule is Cc1cc(C)cc(NS(=O)(=O)c2cc(C(=O)Nc3ccc(Cl)c(Cl)c3)ccc2Cl)c1. The number of rotatable bonds is 5. The van der Waals surface area contributed by atoms with E-state index in [-0.39, 0.29) is 20.5 Å². The van der Waals surface area contributed by atoms with Crippen molar-refractivity contribution in [2.75, 3.05) is 10.0 Å². The highest BCUT2D eigenvalue weighted by Gasteiger charge is 2.21. The maximum atomic E-state index is 12.9. The van der Waals surface area contributed by atoms with Crippen molar-refractivity contribution in [3.63, 3.8) is 0 Å². The van der Waals surface area contributed by atoms with Gasteiger partial charge in [-0.3, -0.25) is 9.52 Å². The summed E-state index contributed by atoms with van der Waals surface area (Å²) >= 11 is 18.0. The molecule has 0 unspecified atom stereocenters. The molecule has 0 aliphatic heterocycles. The molecule has 3 rings (SSSR count). The lowest BCUT2D eigenvalue weighted by atomic mass is 10.1. The second-order valence-electron chi connectivity index (χ2n) is 6.71. The molecule has 0 aromatic heterocycles. The first kappa shape index (κ1) is 22.4. The van der Waals surface area contributed by atoms with E-state index in [4.69, 9.17) is 34.8 Å². The number of halogens is 3. The molecule has 1 amide bonds. The molecule has 3 aromatic carbocycles. The number of benzene rings is 3. The van der Waals surface area contributed by atoms with E-state index in [1.165, 1.54) is 24.3 Å². The molecule has 0 fully saturated rings. The topological polar surface area (TPSA) is 75.3 Å². The van der Waals surface area contributed by atoms with Gasteiger partial charge in [0.05, 0.1) is 15.1 Å². The minimum absolute atomic E-state index is 0.00189. The molecule has 30 heavy (non-hydrogen) atoms. The largest absolute Gasteiger partial charge is 0.322 e. The van der Waals surface area contributed by atoms with Gasteiger partial charge in [-0.2, -0.15) is 0 Å². The Balaban J connectivity index is 1.89. The summed E-state index contributed by atoms with van der Waals surface area (Å²) in [6.07, 6.45) is 0. The number of hydrogen-bond donors (Lipinski definition) is 2. The van der Waals surface area contributed by atoms with E-state index in [1.807, 2.05) is 19.9 Å². The van der Waals surface area contributed by atoms with Crippen molar-refractivity contribution in [2.45, 2.75) is 18.7 Å². The first-order valence-electron chi connectivity index (χ1n) is 8.72. The van der Waals surface area contributed by atoms with Crippen LogP contribution in [0.4, 0.5) is 11.4 Å². The minimum atomic E-state index is -4.02. The quantitative estimate of drug-likeness (QED) is 0.446. The van der Waals surface area contributed by atoms with Crippen molar-refractivity contribution < 1.29 is 13.2 Å². The van der Waals surface area contributed by atoms with Crippen LogP contribution in [-0.4, -0.2) is 14.3 Å². The Kier molecular flexibility index (Phi) is 6.62. The number of carbonyl (C=O) groups is 1. The molecule has 0 bridgehead atoms. The lowest BCUT2D eigenvalue weighted by molar-refractivity contribution is 0.102. The third kappa shape index (κ3) is 5.26. The number of nitrogens with one attached hydrogen (secondary N) is 2. The maximum Gasteiger partial charge on any atom is 0.263 e. The fourth-order valence-electron chi connectivity index (χ4n) is 2.87. The predicted molar refractivity (Wildman–Crippen MR) is 123 cm³/mol. The van der Waals surface area contributed by atoms with Gasteiger partial charge in [0.2, 0.25) is 0 Å². The molecule has 0 spiro atoms. The predicted octanol–water partition coefficient (Wildman–Crippen LogP) is 6.32. The number of amides is 1. The zero-order valence-corrected chi connectivity index (χ0v) is 19.0. The normalized spacial score (nSPS) is 11.2. The van der Waals surface area contributed by atoms with Crippen molar-refractivity contribution in [1.29, 1.82) is 0 Å². The van der Waals surface area contributed by atoms with Crippen LogP contribution in [0.1, 0.15) is 21.5 Å². The van der Waals surface area contributed by atoms with Crippen LogP contribution in [0.25, 0.3) is 0 Å². The van der Waals surface area contributed by atoms with Gasteiger partial charge in [0, 0.05) is 16.9 Å². The lowest BCUT2D eigenvalue weighted by Gasteiger charge is -2.12. The molecule has 156 valence electrons. The van der Waals surface area contributed by atoms with Crippen molar-refractivity contribution >= 4 is 62.1 Å².